The zero-order valence-electron chi connectivity index (χ0n) is 11.4. The molecule has 3 heteroatoms. The third-order valence-corrected chi connectivity index (χ3v) is 4.72. The maximum Gasteiger partial charge on any atom is 0.0244 e. The molecule has 2 fully saturated rings. The molecular formula is C14H29N3. The number of rotatable bonds is 6. The van der Waals surface area contributed by atoms with Crippen molar-refractivity contribution in [1.82, 2.24) is 9.80 Å². The van der Waals surface area contributed by atoms with Crippen LogP contribution in [-0.4, -0.2) is 55.6 Å². The largest absolute Gasteiger partial charge is 0.329 e. The Morgan fingerprint density at radius 3 is 2.41 bits per heavy atom. The van der Waals surface area contributed by atoms with Crippen LogP contribution in [0.2, 0.25) is 0 Å². The average Bonchev–Trinajstić information content (AvgIpc) is 3.00. The van der Waals surface area contributed by atoms with Crippen LogP contribution in [0.4, 0.5) is 0 Å². The van der Waals surface area contributed by atoms with Gasteiger partial charge in [0.15, 0.2) is 0 Å². The van der Waals surface area contributed by atoms with Crippen molar-refractivity contribution in [1.29, 1.82) is 0 Å². The standard InChI is InChI=1S/C14H29N3/c1-16(10-11-17-8-4-5-9-17)14(12-15)13-6-2-3-7-13/h13-14H,2-12,15H2,1H3. The van der Waals surface area contributed by atoms with Gasteiger partial charge >= 0.3 is 0 Å². The zero-order chi connectivity index (χ0) is 12.1. The molecule has 1 atom stereocenters. The summed E-state index contributed by atoms with van der Waals surface area (Å²) in [7, 11) is 2.27. The van der Waals surface area contributed by atoms with Crippen LogP contribution in [0.1, 0.15) is 38.5 Å². The van der Waals surface area contributed by atoms with Gasteiger partial charge in [0, 0.05) is 25.7 Å². The molecule has 0 aromatic heterocycles. The van der Waals surface area contributed by atoms with Crippen molar-refractivity contribution in [3.8, 4) is 0 Å². The fraction of sp³-hybridized carbons (Fsp3) is 1.00. The Morgan fingerprint density at radius 2 is 1.82 bits per heavy atom. The van der Waals surface area contributed by atoms with Crippen molar-refractivity contribution in [2.45, 2.75) is 44.6 Å². The maximum absolute atomic E-state index is 5.98. The number of hydrogen-bond donors (Lipinski definition) is 1. The van der Waals surface area contributed by atoms with Crippen LogP contribution in [0.5, 0.6) is 0 Å². The van der Waals surface area contributed by atoms with Crippen LogP contribution in [0.25, 0.3) is 0 Å². The van der Waals surface area contributed by atoms with Gasteiger partial charge in [0.25, 0.3) is 0 Å². The summed E-state index contributed by atoms with van der Waals surface area (Å²) in [5.41, 5.74) is 5.98. The molecule has 2 aliphatic rings. The molecule has 1 saturated heterocycles. The minimum atomic E-state index is 0.625. The number of nitrogens with zero attached hydrogens (tertiary/aromatic N) is 2. The van der Waals surface area contributed by atoms with Gasteiger partial charge in [-0.15, -0.1) is 0 Å². The fourth-order valence-electron chi connectivity index (χ4n) is 3.55. The lowest BCUT2D eigenvalue weighted by Gasteiger charge is -2.33. The van der Waals surface area contributed by atoms with Gasteiger partial charge < -0.3 is 15.5 Å². The molecule has 0 radical (unpaired) electrons. The van der Waals surface area contributed by atoms with Crippen LogP contribution >= 0.6 is 0 Å². The van der Waals surface area contributed by atoms with Crippen LogP contribution in [0.3, 0.4) is 0 Å². The molecule has 1 saturated carbocycles. The highest BCUT2D eigenvalue weighted by Crippen LogP contribution is 2.29. The average molecular weight is 239 g/mol. The molecule has 1 heterocycles. The number of nitrogens with two attached hydrogens (primary N) is 1. The molecule has 1 unspecified atom stereocenters. The molecule has 0 spiro atoms. The van der Waals surface area contributed by atoms with Crippen LogP contribution < -0.4 is 5.73 Å². The molecule has 17 heavy (non-hydrogen) atoms. The molecule has 1 aliphatic carbocycles. The Bertz CT molecular complexity index is 208. The normalized spacial score (nSPS) is 24.9. The van der Waals surface area contributed by atoms with Crippen LogP contribution in [-0.2, 0) is 0 Å². The van der Waals surface area contributed by atoms with E-state index in [1.165, 1.54) is 64.7 Å². The van der Waals surface area contributed by atoms with Crippen molar-refractivity contribution in [3.05, 3.63) is 0 Å². The molecule has 100 valence electrons. The van der Waals surface area contributed by atoms with E-state index < -0.39 is 0 Å². The highest BCUT2D eigenvalue weighted by atomic mass is 15.2. The first kappa shape index (κ1) is 13.3. The third-order valence-electron chi connectivity index (χ3n) is 4.72. The van der Waals surface area contributed by atoms with Gasteiger partial charge in [0.2, 0.25) is 0 Å². The first-order valence-corrected chi connectivity index (χ1v) is 7.44. The summed E-state index contributed by atoms with van der Waals surface area (Å²) in [4.78, 5) is 5.12. The summed E-state index contributed by atoms with van der Waals surface area (Å²) in [6.07, 6.45) is 8.42. The zero-order valence-corrected chi connectivity index (χ0v) is 11.4. The molecular weight excluding hydrogens is 210 g/mol. The van der Waals surface area contributed by atoms with Crippen molar-refractivity contribution in [2.24, 2.45) is 11.7 Å². The van der Waals surface area contributed by atoms with E-state index in [2.05, 4.69) is 16.8 Å². The molecule has 0 aromatic rings. The summed E-state index contributed by atoms with van der Waals surface area (Å²) in [5, 5.41) is 0. The van der Waals surface area contributed by atoms with Gasteiger partial charge in [0.1, 0.15) is 0 Å². The third kappa shape index (κ3) is 3.67. The molecule has 0 aromatic carbocycles. The lowest BCUT2D eigenvalue weighted by molar-refractivity contribution is 0.161. The Labute approximate surface area is 106 Å². The Morgan fingerprint density at radius 1 is 1.18 bits per heavy atom. The molecule has 0 amide bonds. The van der Waals surface area contributed by atoms with E-state index >= 15 is 0 Å². The first-order chi connectivity index (χ1) is 8.31. The minimum absolute atomic E-state index is 0.625. The van der Waals surface area contributed by atoms with Crippen molar-refractivity contribution in [2.75, 3.05) is 39.8 Å². The fourth-order valence-corrected chi connectivity index (χ4v) is 3.55. The Hall–Kier alpha value is -0.120. The van der Waals surface area contributed by atoms with Crippen molar-refractivity contribution >= 4 is 0 Å². The van der Waals surface area contributed by atoms with Crippen molar-refractivity contribution in [3.63, 3.8) is 0 Å². The smallest absolute Gasteiger partial charge is 0.0244 e. The summed E-state index contributed by atoms with van der Waals surface area (Å²) in [5.74, 6) is 0.864. The van der Waals surface area contributed by atoms with Crippen LogP contribution in [0, 0.1) is 5.92 Å². The van der Waals surface area contributed by atoms with E-state index in [4.69, 9.17) is 5.73 Å². The van der Waals surface area contributed by atoms with E-state index in [0.29, 0.717) is 6.04 Å². The van der Waals surface area contributed by atoms with Gasteiger partial charge in [-0.2, -0.15) is 0 Å². The second-order valence-corrected chi connectivity index (χ2v) is 5.88. The number of hydrogen-bond acceptors (Lipinski definition) is 3. The van der Waals surface area contributed by atoms with Gasteiger partial charge in [-0.05, 0) is 51.7 Å². The summed E-state index contributed by atoms with van der Waals surface area (Å²) < 4.78 is 0. The number of likely N-dealkylation sites (tertiary alicyclic amines) is 1. The topological polar surface area (TPSA) is 32.5 Å². The lowest BCUT2D eigenvalue weighted by Crippen LogP contribution is -2.45. The number of likely N-dealkylation sites (N-methyl/N-ethyl adjacent to an activating group) is 1. The van der Waals surface area contributed by atoms with E-state index in [-0.39, 0.29) is 0 Å². The second-order valence-electron chi connectivity index (χ2n) is 5.88. The summed E-state index contributed by atoms with van der Waals surface area (Å²) >= 11 is 0. The predicted octanol–water partition coefficient (Wildman–Crippen LogP) is 1.53. The Balaban J connectivity index is 1.73. The lowest BCUT2D eigenvalue weighted by atomic mass is 9.97. The minimum Gasteiger partial charge on any atom is -0.329 e. The van der Waals surface area contributed by atoms with E-state index in [9.17, 15) is 0 Å². The SMILES string of the molecule is CN(CCN1CCCC1)C(CN)C1CCCC1. The van der Waals surface area contributed by atoms with E-state index in [0.717, 1.165) is 12.5 Å². The highest BCUT2D eigenvalue weighted by molar-refractivity contribution is 4.83. The van der Waals surface area contributed by atoms with Crippen LogP contribution in [0.15, 0.2) is 0 Å². The van der Waals surface area contributed by atoms with Gasteiger partial charge in [0.05, 0.1) is 0 Å². The molecule has 3 nitrogen and oxygen atoms in total. The Kier molecular flexibility index (Phi) is 5.26. The predicted molar refractivity (Wildman–Crippen MR) is 73.1 cm³/mol. The van der Waals surface area contributed by atoms with Gasteiger partial charge in [-0.25, -0.2) is 0 Å². The first-order valence-electron chi connectivity index (χ1n) is 7.44. The summed E-state index contributed by atoms with van der Waals surface area (Å²) in [6, 6.07) is 0.625. The quantitative estimate of drug-likeness (QED) is 0.763. The molecule has 2 N–H and O–H groups in total. The van der Waals surface area contributed by atoms with Gasteiger partial charge in [-0.3, -0.25) is 0 Å². The molecule has 2 rings (SSSR count). The van der Waals surface area contributed by atoms with E-state index in [1.807, 2.05) is 0 Å². The van der Waals surface area contributed by atoms with E-state index in [1.54, 1.807) is 0 Å². The molecule has 0 bridgehead atoms. The maximum atomic E-state index is 5.98. The summed E-state index contributed by atoms with van der Waals surface area (Å²) in [6.45, 7) is 5.88. The highest BCUT2D eigenvalue weighted by Gasteiger charge is 2.27. The monoisotopic (exact) mass is 239 g/mol. The molecule has 1 aliphatic heterocycles. The second kappa shape index (κ2) is 6.72. The van der Waals surface area contributed by atoms with Crippen molar-refractivity contribution < 1.29 is 0 Å². The van der Waals surface area contributed by atoms with Gasteiger partial charge in [-0.1, -0.05) is 12.8 Å².